The van der Waals surface area contributed by atoms with E-state index in [1.54, 1.807) is 6.07 Å². The van der Waals surface area contributed by atoms with E-state index in [1.807, 2.05) is 19.1 Å². The minimum Gasteiger partial charge on any atom is -0.279 e. The molecule has 0 aromatic heterocycles. The molecule has 1 heteroatoms. The van der Waals surface area contributed by atoms with Crippen molar-refractivity contribution in [3.05, 3.63) is 34.9 Å². The Kier molecular flexibility index (Phi) is 3.10. The molecule has 0 atom stereocenters. The van der Waals surface area contributed by atoms with Gasteiger partial charge in [0.2, 0.25) is 5.78 Å². The third kappa shape index (κ3) is 2.03. The highest BCUT2D eigenvalue weighted by Gasteiger charge is 2.06. The second-order valence-corrected chi connectivity index (χ2v) is 3.00. The quantitative estimate of drug-likeness (QED) is 0.388. The fourth-order valence-electron chi connectivity index (χ4n) is 1.22. The molecule has 0 unspecified atom stereocenters. The zero-order valence-electron chi connectivity index (χ0n) is 8.00. The number of benzene rings is 1. The number of ketones is 1. The zero-order valence-corrected chi connectivity index (χ0v) is 8.00. The molecule has 0 aliphatic heterocycles. The fraction of sp³-hybridized carbons (Fsp3) is 0.154. The smallest absolute Gasteiger partial charge is 0.235 e. The van der Waals surface area contributed by atoms with Crippen molar-refractivity contribution in [3.8, 4) is 24.7 Å². The molecular formula is C13H10O. The van der Waals surface area contributed by atoms with Crippen LogP contribution in [0, 0.1) is 31.6 Å². The van der Waals surface area contributed by atoms with Gasteiger partial charge < -0.3 is 0 Å². The highest BCUT2D eigenvalue weighted by atomic mass is 16.1. The van der Waals surface area contributed by atoms with Crippen molar-refractivity contribution < 1.29 is 4.79 Å². The minimum absolute atomic E-state index is 0.290. The predicted molar refractivity (Wildman–Crippen MR) is 56.9 cm³/mol. The molecule has 0 fully saturated rings. The average molecular weight is 182 g/mol. The Morgan fingerprint density at radius 1 is 1.43 bits per heavy atom. The van der Waals surface area contributed by atoms with E-state index in [-0.39, 0.29) is 5.78 Å². The summed E-state index contributed by atoms with van der Waals surface area (Å²) >= 11 is 0. The number of hydrogen-bond donors (Lipinski definition) is 0. The third-order valence-electron chi connectivity index (χ3n) is 1.98. The van der Waals surface area contributed by atoms with E-state index >= 15 is 0 Å². The Morgan fingerprint density at radius 2 is 2.14 bits per heavy atom. The standard InChI is InChI=1S/C13H10O/c1-4-6-11-8-7-10(3)12(9-11)13(14)5-2/h1-2,7-9H,6H2,3H3. The Morgan fingerprint density at radius 3 is 2.71 bits per heavy atom. The van der Waals surface area contributed by atoms with Crippen LogP contribution < -0.4 is 0 Å². The number of aryl methyl sites for hydroxylation is 1. The second kappa shape index (κ2) is 4.30. The first kappa shape index (κ1) is 10.1. The van der Waals surface area contributed by atoms with Crippen LogP contribution in [-0.2, 0) is 6.42 Å². The summed E-state index contributed by atoms with van der Waals surface area (Å²) in [6.45, 7) is 1.85. The molecule has 0 amide bonds. The van der Waals surface area contributed by atoms with Crippen molar-refractivity contribution >= 4 is 5.78 Å². The Labute approximate surface area is 84.1 Å². The highest BCUT2D eigenvalue weighted by molar-refractivity contribution is 6.09. The maximum Gasteiger partial charge on any atom is 0.235 e. The summed E-state index contributed by atoms with van der Waals surface area (Å²) in [4.78, 5) is 11.3. The minimum atomic E-state index is -0.290. The van der Waals surface area contributed by atoms with Crippen molar-refractivity contribution in [1.29, 1.82) is 0 Å². The molecule has 0 radical (unpaired) electrons. The maximum atomic E-state index is 11.3. The molecule has 0 heterocycles. The Balaban J connectivity index is 3.17. The lowest BCUT2D eigenvalue weighted by Gasteiger charge is -2.02. The van der Waals surface area contributed by atoms with E-state index < -0.39 is 0 Å². The molecule has 1 nitrogen and oxygen atoms in total. The van der Waals surface area contributed by atoms with Gasteiger partial charge in [-0.2, -0.15) is 0 Å². The molecule has 14 heavy (non-hydrogen) atoms. The van der Waals surface area contributed by atoms with Crippen LogP contribution in [-0.4, -0.2) is 5.78 Å². The third-order valence-corrected chi connectivity index (χ3v) is 1.98. The second-order valence-electron chi connectivity index (χ2n) is 3.00. The van der Waals surface area contributed by atoms with Gasteiger partial charge in [0.25, 0.3) is 0 Å². The van der Waals surface area contributed by atoms with Crippen LogP contribution in [0.4, 0.5) is 0 Å². The normalized spacial score (nSPS) is 8.79. The lowest BCUT2D eigenvalue weighted by molar-refractivity contribution is 0.105. The monoisotopic (exact) mass is 182 g/mol. The van der Waals surface area contributed by atoms with Crippen molar-refractivity contribution in [2.75, 3.05) is 0 Å². The van der Waals surface area contributed by atoms with Gasteiger partial charge in [-0.1, -0.05) is 12.1 Å². The van der Waals surface area contributed by atoms with Gasteiger partial charge in [0.05, 0.1) is 0 Å². The summed E-state index contributed by atoms with van der Waals surface area (Å²) in [7, 11) is 0. The molecule has 1 rings (SSSR count). The summed E-state index contributed by atoms with van der Waals surface area (Å²) < 4.78 is 0. The first-order valence-corrected chi connectivity index (χ1v) is 4.23. The van der Waals surface area contributed by atoms with Crippen LogP contribution in [0.5, 0.6) is 0 Å². The summed E-state index contributed by atoms with van der Waals surface area (Å²) in [5, 5.41) is 0. The largest absolute Gasteiger partial charge is 0.279 e. The van der Waals surface area contributed by atoms with Gasteiger partial charge in [-0.15, -0.1) is 18.8 Å². The van der Waals surface area contributed by atoms with Crippen LogP contribution in [0.3, 0.4) is 0 Å². The lowest BCUT2D eigenvalue weighted by Crippen LogP contribution is -1.99. The first-order valence-electron chi connectivity index (χ1n) is 4.23. The summed E-state index contributed by atoms with van der Waals surface area (Å²) in [5.74, 6) is 4.34. The van der Waals surface area contributed by atoms with Crippen LogP contribution in [0.15, 0.2) is 18.2 Å². The summed E-state index contributed by atoms with van der Waals surface area (Å²) in [6.07, 6.45) is 10.8. The summed E-state index contributed by atoms with van der Waals surface area (Å²) in [5.41, 5.74) is 2.39. The Bertz CT molecular complexity index is 441. The SMILES string of the molecule is C#CCc1ccc(C)c(C(=O)C#C)c1. The predicted octanol–water partition coefficient (Wildman–Crippen LogP) is 1.99. The number of carbonyl (C=O) groups excluding carboxylic acids is 1. The van der Waals surface area contributed by atoms with E-state index in [0.29, 0.717) is 12.0 Å². The average Bonchev–Trinajstić information content (AvgIpc) is 2.20. The molecule has 1 aromatic rings. The van der Waals surface area contributed by atoms with Crippen LogP contribution >= 0.6 is 0 Å². The molecule has 0 bridgehead atoms. The molecule has 0 aliphatic rings. The van der Waals surface area contributed by atoms with Crippen molar-refractivity contribution in [2.45, 2.75) is 13.3 Å². The molecule has 0 N–H and O–H groups in total. The molecule has 0 aliphatic carbocycles. The van der Waals surface area contributed by atoms with Crippen LogP contribution in [0.2, 0.25) is 0 Å². The molecular weight excluding hydrogens is 172 g/mol. The first-order chi connectivity index (χ1) is 6.69. The van der Waals surface area contributed by atoms with Crippen molar-refractivity contribution in [3.63, 3.8) is 0 Å². The van der Waals surface area contributed by atoms with Crippen molar-refractivity contribution in [1.82, 2.24) is 0 Å². The van der Waals surface area contributed by atoms with E-state index in [0.717, 1.165) is 11.1 Å². The van der Waals surface area contributed by atoms with Gasteiger partial charge in [-0.3, -0.25) is 4.79 Å². The lowest BCUT2D eigenvalue weighted by atomic mass is 10.0. The topological polar surface area (TPSA) is 17.1 Å². The van der Waals surface area contributed by atoms with Gasteiger partial charge >= 0.3 is 0 Å². The highest BCUT2D eigenvalue weighted by Crippen LogP contribution is 2.12. The van der Waals surface area contributed by atoms with E-state index in [4.69, 9.17) is 12.8 Å². The van der Waals surface area contributed by atoms with Gasteiger partial charge in [-0.25, -0.2) is 0 Å². The number of hydrogen-bond acceptors (Lipinski definition) is 1. The Hall–Kier alpha value is -1.99. The number of terminal acetylenes is 2. The van der Waals surface area contributed by atoms with Gasteiger partial charge in [0, 0.05) is 12.0 Å². The molecule has 0 saturated heterocycles. The van der Waals surface area contributed by atoms with Gasteiger partial charge in [0.15, 0.2) is 0 Å². The molecule has 1 aromatic carbocycles. The zero-order chi connectivity index (χ0) is 10.6. The van der Waals surface area contributed by atoms with E-state index in [1.165, 1.54) is 0 Å². The molecule has 0 saturated carbocycles. The molecule has 0 spiro atoms. The van der Waals surface area contributed by atoms with Gasteiger partial charge in [-0.05, 0) is 30.0 Å². The molecule has 68 valence electrons. The maximum absolute atomic E-state index is 11.3. The van der Waals surface area contributed by atoms with Crippen LogP contribution in [0.25, 0.3) is 0 Å². The van der Waals surface area contributed by atoms with E-state index in [9.17, 15) is 4.79 Å². The van der Waals surface area contributed by atoms with Gasteiger partial charge in [0.1, 0.15) is 0 Å². The number of rotatable bonds is 2. The van der Waals surface area contributed by atoms with Crippen molar-refractivity contribution in [2.24, 2.45) is 0 Å². The van der Waals surface area contributed by atoms with Crippen LogP contribution in [0.1, 0.15) is 21.5 Å². The van der Waals surface area contributed by atoms with E-state index in [2.05, 4.69) is 11.8 Å². The fourth-order valence-corrected chi connectivity index (χ4v) is 1.22. The number of carbonyl (C=O) groups is 1. The number of Topliss-reactive ketones (excluding diaryl/α,β-unsaturated/α-hetero) is 1. The summed E-state index contributed by atoms with van der Waals surface area (Å²) in [6, 6.07) is 5.52.